The van der Waals surface area contributed by atoms with Crippen LogP contribution in [0.4, 0.5) is 0 Å². The molecule has 0 aliphatic heterocycles. The quantitative estimate of drug-likeness (QED) is 0.580. The van der Waals surface area contributed by atoms with E-state index in [0.717, 1.165) is 11.1 Å². The van der Waals surface area contributed by atoms with Gasteiger partial charge in [0.2, 0.25) is 0 Å². The van der Waals surface area contributed by atoms with E-state index in [1.54, 1.807) is 0 Å². The maximum atomic E-state index is 4.35. The van der Waals surface area contributed by atoms with Gasteiger partial charge in [0.25, 0.3) is 0 Å². The molecule has 0 amide bonds. The van der Waals surface area contributed by atoms with E-state index in [0.29, 0.717) is 0 Å². The van der Waals surface area contributed by atoms with E-state index in [-0.39, 0.29) is 26.5 Å². The first-order valence-electron chi connectivity index (χ1n) is 6.01. The summed E-state index contributed by atoms with van der Waals surface area (Å²) in [5, 5.41) is 2.30. The molecule has 2 heteroatoms. The number of hydrogen-bond acceptors (Lipinski definition) is 1. The number of nitrogens with zero attached hydrogens (tertiary/aromatic N) is 1. The molecule has 0 N–H and O–H groups in total. The van der Waals surface area contributed by atoms with E-state index >= 15 is 0 Å². The van der Waals surface area contributed by atoms with E-state index in [1.165, 1.54) is 5.39 Å². The summed E-state index contributed by atoms with van der Waals surface area (Å²) in [6.45, 7) is 10.5. The van der Waals surface area contributed by atoms with Crippen molar-refractivity contribution in [2.24, 2.45) is 0 Å². The van der Waals surface area contributed by atoms with Gasteiger partial charge in [-0.05, 0) is 17.3 Å². The predicted octanol–water partition coefficient (Wildman–Crippen LogP) is 4.56. The summed E-state index contributed by atoms with van der Waals surface area (Å²) in [4.78, 5) is 4.35. The van der Waals surface area contributed by atoms with Gasteiger partial charge in [-0.25, -0.2) is 0 Å². The van der Waals surface area contributed by atoms with Gasteiger partial charge in [-0.15, -0.1) is 29.0 Å². The number of benzene rings is 1. The summed E-state index contributed by atoms with van der Waals surface area (Å²) in [5.74, 6) is 0. The molecule has 0 atom stereocenters. The first kappa shape index (κ1) is 17.3. The van der Waals surface area contributed by atoms with Gasteiger partial charge >= 0.3 is 21.1 Å². The second-order valence-electron chi connectivity index (χ2n) is 5.17. The SMILES string of the molecule is CC(C)(C)c1cc2ccccc2[c-]n1.C[CH-]C.[W+2]. The Morgan fingerprint density at radius 2 is 1.67 bits per heavy atom. The van der Waals surface area contributed by atoms with E-state index < -0.39 is 0 Å². The van der Waals surface area contributed by atoms with Gasteiger partial charge in [0.15, 0.2) is 0 Å². The van der Waals surface area contributed by atoms with Crippen molar-refractivity contribution in [3.8, 4) is 0 Å². The summed E-state index contributed by atoms with van der Waals surface area (Å²) in [6.07, 6.45) is 5.08. The van der Waals surface area contributed by atoms with Gasteiger partial charge in [-0.2, -0.15) is 13.8 Å². The van der Waals surface area contributed by atoms with Crippen molar-refractivity contribution in [3.05, 3.63) is 48.6 Å². The molecule has 2 aromatic rings. The molecule has 0 radical (unpaired) electrons. The largest absolute Gasteiger partial charge is 2.00 e. The van der Waals surface area contributed by atoms with Crippen molar-refractivity contribution in [3.63, 3.8) is 0 Å². The molecule has 1 aromatic heterocycles. The monoisotopic (exact) mass is 411 g/mol. The van der Waals surface area contributed by atoms with Crippen LogP contribution < -0.4 is 0 Å². The topological polar surface area (TPSA) is 12.9 Å². The molecule has 0 spiro atoms. The molecular formula is C16H21NW. The molecule has 0 aliphatic rings. The van der Waals surface area contributed by atoms with Crippen LogP contribution in [0.2, 0.25) is 0 Å². The third kappa shape index (κ3) is 4.90. The first-order valence-corrected chi connectivity index (χ1v) is 6.01. The van der Waals surface area contributed by atoms with Crippen molar-refractivity contribution in [1.82, 2.24) is 4.98 Å². The molecular weight excluding hydrogens is 390 g/mol. The van der Waals surface area contributed by atoms with Crippen LogP contribution in [0, 0.1) is 12.6 Å². The Kier molecular flexibility index (Phi) is 7.40. The minimum Gasteiger partial charge on any atom is -0.356 e. The minimum atomic E-state index is 0. The molecule has 0 saturated heterocycles. The van der Waals surface area contributed by atoms with E-state index in [2.05, 4.69) is 44.1 Å². The number of fused-ring (bicyclic) bond motifs is 1. The van der Waals surface area contributed by atoms with Crippen molar-refractivity contribution < 1.29 is 21.1 Å². The van der Waals surface area contributed by atoms with E-state index in [4.69, 9.17) is 0 Å². The Hall–Kier alpha value is -0.682. The standard InChI is InChI=1S/C13H14N.C3H7.W/c1-13(2,3)12-8-10-6-4-5-7-11(10)9-14-12;1-3-2;/h4-8H,1-3H3;3H,1-2H3;/q2*-1;+2. The average Bonchev–Trinajstić information content (AvgIpc) is 2.28. The summed E-state index contributed by atoms with van der Waals surface area (Å²) in [7, 11) is 0. The van der Waals surface area contributed by atoms with Gasteiger partial charge in [-0.3, -0.25) is 0 Å². The number of hydrogen-bond donors (Lipinski definition) is 0. The fraction of sp³-hybridized carbons (Fsp3) is 0.375. The smallest absolute Gasteiger partial charge is 0.356 e. The molecule has 0 aliphatic carbocycles. The molecule has 1 nitrogen and oxygen atoms in total. The fourth-order valence-corrected chi connectivity index (χ4v) is 1.41. The zero-order chi connectivity index (χ0) is 12.9. The number of pyridine rings is 1. The van der Waals surface area contributed by atoms with Gasteiger partial charge < -0.3 is 11.4 Å². The van der Waals surface area contributed by atoms with E-state index in [9.17, 15) is 0 Å². The van der Waals surface area contributed by atoms with Crippen molar-refractivity contribution in [2.45, 2.75) is 40.0 Å². The molecule has 18 heavy (non-hydrogen) atoms. The normalized spacial score (nSPS) is 10.3. The molecule has 2 rings (SSSR count). The Morgan fingerprint density at radius 3 is 2.22 bits per heavy atom. The van der Waals surface area contributed by atoms with Crippen LogP contribution in [0.15, 0.2) is 30.3 Å². The molecule has 0 saturated carbocycles. The molecule has 96 valence electrons. The molecule has 1 heterocycles. The van der Waals surface area contributed by atoms with Crippen LogP contribution in [0.25, 0.3) is 10.8 Å². The Labute approximate surface area is 125 Å². The zero-order valence-corrected chi connectivity index (χ0v) is 14.8. The third-order valence-corrected chi connectivity index (χ3v) is 2.32. The van der Waals surface area contributed by atoms with Crippen LogP contribution in [0.1, 0.15) is 40.3 Å². The first-order chi connectivity index (χ1) is 7.99. The second-order valence-corrected chi connectivity index (χ2v) is 5.17. The van der Waals surface area contributed by atoms with Crippen LogP contribution in [-0.4, -0.2) is 4.98 Å². The summed E-state index contributed by atoms with van der Waals surface area (Å²) in [5.41, 5.74) is 1.19. The van der Waals surface area contributed by atoms with Gasteiger partial charge in [0, 0.05) is 0 Å². The third-order valence-electron chi connectivity index (χ3n) is 2.32. The predicted molar refractivity (Wildman–Crippen MR) is 74.9 cm³/mol. The van der Waals surface area contributed by atoms with Gasteiger partial charge in [0.1, 0.15) is 0 Å². The molecule has 1 aromatic carbocycles. The van der Waals surface area contributed by atoms with Gasteiger partial charge in [-0.1, -0.05) is 32.9 Å². The number of rotatable bonds is 0. The Bertz CT molecular complexity index is 472. The average molecular weight is 411 g/mol. The summed E-state index contributed by atoms with van der Waals surface area (Å²) < 4.78 is 0. The maximum absolute atomic E-state index is 4.35. The van der Waals surface area contributed by atoms with Gasteiger partial charge in [0.05, 0.1) is 0 Å². The maximum Gasteiger partial charge on any atom is 2.00 e. The minimum absolute atomic E-state index is 0. The van der Waals surface area contributed by atoms with Crippen molar-refractivity contribution in [2.75, 3.05) is 0 Å². The van der Waals surface area contributed by atoms with Crippen molar-refractivity contribution >= 4 is 10.8 Å². The molecule has 0 bridgehead atoms. The number of aromatic nitrogens is 1. The van der Waals surface area contributed by atoms with Crippen LogP contribution in [-0.2, 0) is 26.5 Å². The second kappa shape index (κ2) is 7.69. The van der Waals surface area contributed by atoms with Crippen LogP contribution >= 0.6 is 0 Å². The molecule has 0 unspecified atom stereocenters. The van der Waals surface area contributed by atoms with Crippen molar-refractivity contribution in [1.29, 1.82) is 0 Å². The Balaban J connectivity index is 0.000000660. The van der Waals surface area contributed by atoms with Crippen LogP contribution in [0.5, 0.6) is 0 Å². The molecule has 0 fully saturated rings. The Morgan fingerprint density at radius 1 is 1.11 bits per heavy atom. The van der Waals surface area contributed by atoms with E-state index in [1.807, 2.05) is 38.5 Å². The van der Waals surface area contributed by atoms with Crippen LogP contribution in [0.3, 0.4) is 0 Å². The summed E-state index contributed by atoms with van der Waals surface area (Å²) in [6, 6.07) is 10.3. The summed E-state index contributed by atoms with van der Waals surface area (Å²) >= 11 is 0. The fourth-order valence-electron chi connectivity index (χ4n) is 1.41. The zero-order valence-electron chi connectivity index (χ0n) is 11.8.